The van der Waals surface area contributed by atoms with Gasteiger partial charge in [0, 0.05) is 5.56 Å². The Bertz CT molecular complexity index is 1390. The Kier molecular flexibility index (Phi) is 6.17. The molecule has 3 aromatic carbocycles. The number of halogens is 1. The third-order valence-electron chi connectivity index (χ3n) is 4.95. The normalized spacial score (nSPS) is 14.4. The molecule has 4 rings (SSSR count). The molecule has 0 radical (unpaired) electrons. The molecule has 168 valence electrons. The predicted molar refractivity (Wildman–Crippen MR) is 133 cm³/mol. The topological polar surface area (TPSA) is 122 Å². The molecule has 1 aliphatic rings. The number of hydrazone groups is 1. The van der Waals surface area contributed by atoms with Crippen LogP contribution < -0.4 is 20.8 Å². The number of benzene rings is 3. The van der Waals surface area contributed by atoms with Crippen molar-refractivity contribution in [2.24, 2.45) is 16.0 Å². The minimum Gasteiger partial charge on any atom is -0.374 e. The molecule has 8 nitrogen and oxygen atoms in total. The van der Waals surface area contributed by atoms with Gasteiger partial charge in [0.05, 0.1) is 22.9 Å². The predicted octanol–water partition coefficient (Wildman–Crippen LogP) is 2.99. The third kappa shape index (κ3) is 4.46. The van der Waals surface area contributed by atoms with Crippen molar-refractivity contribution in [3.63, 3.8) is 0 Å². The molecule has 33 heavy (non-hydrogen) atoms. The molecule has 11 heteroatoms. The lowest BCUT2D eigenvalue weighted by atomic mass is 10.1. The zero-order chi connectivity index (χ0) is 23.8. The number of anilines is 2. The molecule has 0 saturated heterocycles. The van der Waals surface area contributed by atoms with Crippen LogP contribution in [0.3, 0.4) is 0 Å². The molecular formula is C22H18ClN5O3S2. The van der Waals surface area contributed by atoms with Gasteiger partial charge in [0.2, 0.25) is 10.0 Å². The van der Waals surface area contributed by atoms with Crippen molar-refractivity contribution in [1.29, 1.82) is 0 Å². The molecule has 4 N–H and O–H groups in total. The van der Waals surface area contributed by atoms with Crippen LogP contribution in [0.4, 0.5) is 11.4 Å². The molecule has 0 spiro atoms. The van der Waals surface area contributed by atoms with E-state index in [1.807, 2.05) is 30.3 Å². The first-order valence-electron chi connectivity index (χ1n) is 9.63. The number of amides is 1. The van der Waals surface area contributed by atoms with Gasteiger partial charge in [-0.3, -0.25) is 4.79 Å². The summed E-state index contributed by atoms with van der Waals surface area (Å²) in [5.41, 5.74) is 7.77. The smallest absolute Gasteiger partial charge is 0.279 e. The summed E-state index contributed by atoms with van der Waals surface area (Å²) < 4.78 is 24.2. The van der Waals surface area contributed by atoms with Crippen LogP contribution in [0.1, 0.15) is 11.1 Å². The highest BCUT2D eigenvalue weighted by Crippen LogP contribution is 2.37. The second-order valence-corrected chi connectivity index (χ2v) is 9.48. The van der Waals surface area contributed by atoms with Crippen LogP contribution in [0.2, 0.25) is 5.02 Å². The molecule has 1 aliphatic heterocycles. The number of para-hydroxylation sites is 2. The Morgan fingerprint density at radius 2 is 1.70 bits per heavy atom. The molecule has 3 aromatic rings. The van der Waals surface area contributed by atoms with Gasteiger partial charge in [-0.15, -0.1) is 0 Å². The van der Waals surface area contributed by atoms with E-state index in [0.29, 0.717) is 16.3 Å². The summed E-state index contributed by atoms with van der Waals surface area (Å²) in [6, 6.07) is 20.3. The SMILES string of the molecule is NC(=S)N(/N=C1\C(=O)N(Cc2ccccc2)c2c(Cl)cccc21)c1ccccc1S(N)(=O)=O. The minimum absolute atomic E-state index is 0.0143. The van der Waals surface area contributed by atoms with Crippen LogP contribution in [0.5, 0.6) is 0 Å². The summed E-state index contributed by atoms with van der Waals surface area (Å²) in [5, 5.41) is 10.9. The number of hydrogen-bond donors (Lipinski definition) is 2. The van der Waals surface area contributed by atoms with Gasteiger partial charge in [-0.25, -0.2) is 18.6 Å². The maximum atomic E-state index is 13.5. The lowest BCUT2D eigenvalue weighted by Gasteiger charge is -2.20. The number of hydrogen-bond acceptors (Lipinski definition) is 5. The second-order valence-electron chi connectivity index (χ2n) is 7.12. The molecule has 1 heterocycles. The van der Waals surface area contributed by atoms with Crippen LogP contribution in [0.15, 0.2) is 82.8 Å². The van der Waals surface area contributed by atoms with E-state index < -0.39 is 15.9 Å². The highest BCUT2D eigenvalue weighted by atomic mass is 35.5. The van der Waals surface area contributed by atoms with E-state index in [0.717, 1.165) is 10.6 Å². The van der Waals surface area contributed by atoms with Gasteiger partial charge in [0.1, 0.15) is 4.90 Å². The Hall–Kier alpha value is -3.31. The molecule has 0 aromatic heterocycles. The van der Waals surface area contributed by atoms with Crippen LogP contribution in [-0.4, -0.2) is 25.1 Å². The lowest BCUT2D eigenvalue weighted by Crippen LogP contribution is -2.36. The first-order valence-corrected chi connectivity index (χ1v) is 12.0. The molecule has 0 atom stereocenters. The standard InChI is InChI=1S/C22H18ClN5O3S2/c23-16-10-6-9-15-19(21(29)27(20(15)16)13-14-7-2-1-3-8-14)26-28(22(24)32)17-11-4-5-12-18(17)33(25,30)31/h1-12H,13H2,(H2,24,32)(H2,25,30,31)/b26-19-. The Labute approximate surface area is 201 Å². The molecule has 0 fully saturated rings. The van der Waals surface area contributed by atoms with Crippen molar-refractivity contribution < 1.29 is 13.2 Å². The summed E-state index contributed by atoms with van der Waals surface area (Å²) >= 11 is 11.6. The van der Waals surface area contributed by atoms with E-state index in [-0.39, 0.29) is 28.0 Å². The van der Waals surface area contributed by atoms with Crippen molar-refractivity contribution in [3.8, 4) is 0 Å². The number of sulfonamides is 1. The molecule has 1 amide bonds. The Balaban J connectivity index is 1.86. The van der Waals surface area contributed by atoms with Crippen molar-refractivity contribution in [2.75, 3.05) is 9.91 Å². The van der Waals surface area contributed by atoms with Crippen LogP contribution in [0, 0.1) is 0 Å². The van der Waals surface area contributed by atoms with Gasteiger partial charge in [0.25, 0.3) is 5.91 Å². The summed E-state index contributed by atoms with van der Waals surface area (Å²) in [6.07, 6.45) is 0. The summed E-state index contributed by atoms with van der Waals surface area (Å²) in [5.74, 6) is -0.434. The number of fused-ring (bicyclic) bond motifs is 1. The first-order chi connectivity index (χ1) is 15.7. The number of primary sulfonamides is 1. The zero-order valence-electron chi connectivity index (χ0n) is 17.1. The molecule has 0 aliphatic carbocycles. The fourth-order valence-electron chi connectivity index (χ4n) is 3.53. The number of carbonyl (C=O) groups excluding carboxylic acids is 1. The monoisotopic (exact) mass is 499 g/mol. The maximum absolute atomic E-state index is 13.5. The van der Waals surface area contributed by atoms with E-state index in [4.69, 9.17) is 34.7 Å². The number of thiocarbonyl (C=S) groups is 1. The zero-order valence-corrected chi connectivity index (χ0v) is 19.4. The molecular weight excluding hydrogens is 482 g/mol. The van der Waals surface area contributed by atoms with Gasteiger partial charge in [0.15, 0.2) is 10.8 Å². The van der Waals surface area contributed by atoms with E-state index in [2.05, 4.69) is 5.10 Å². The van der Waals surface area contributed by atoms with Gasteiger partial charge in [-0.1, -0.05) is 66.2 Å². The van der Waals surface area contributed by atoms with Crippen LogP contribution in [0.25, 0.3) is 0 Å². The van der Waals surface area contributed by atoms with Gasteiger partial charge < -0.3 is 10.6 Å². The molecule has 0 unspecified atom stereocenters. The first kappa shape index (κ1) is 22.9. The quantitative estimate of drug-likeness (QED) is 0.411. The van der Waals surface area contributed by atoms with Gasteiger partial charge in [-0.2, -0.15) is 5.10 Å². The molecule has 0 saturated carbocycles. The number of rotatable bonds is 5. The minimum atomic E-state index is -4.12. The van der Waals surface area contributed by atoms with Crippen molar-refractivity contribution in [2.45, 2.75) is 11.4 Å². The van der Waals surface area contributed by atoms with Crippen molar-refractivity contribution in [3.05, 3.63) is 88.9 Å². The number of nitrogens with zero attached hydrogens (tertiary/aromatic N) is 3. The lowest BCUT2D eigenvalue weighted by molar-refractivity contribution is -0.112. The van der Waals surface area contributed by atoms with E-state index in [1.54, 1.807) is 24.3 Å². The number of carbonyl (C=O) groups is 1. The average molecular weight is 500 g/mol. The summed E-state index contributed by atoms with van der Waals surface area (Å²) in [6.45, 7) is 0.260. The highest BCUT2D eigenvalue weighted by Gasteiger charge is 2.37. The van der Waals surface area contributed by atoms with Gasteiger partial charge >= 0.3 is 0 Å². The second kappa shape index (κ2) is 8.91. The summed E-state index contributed by atoms with van der Waals surface area (Å²) in [4.78, 5) is 14.7. The summed E-state index contributed by atoms with van der Waals surface area (Å²) in [7, 11) is -4.12. The van der Waals surface area contributed by atoms with Crippen molar-refractivity contribution in [1.82, 2.24) is 0 Å². The fraction of sp³-hybridized carbons (Fsp3) is 0.0455. The average Bonchev–Trinajstić information content (AvgIpc) is 3.04. The van der Waals surface area contributed by atoms with E-state index in [9.17, 15) is 13.2 Å². The van der Waals surface area contributed by atoms with Crippen LogP contribution >= 0.6 is 23.8 Å². The van der Waals surface area contributed by atoms with E-state index in [1.165, 1.54) is 23.1 Å². The van der Waals surface area contributed by atoms with Crippen LogP contribution in [-0.2, 0) is 21.4 Å². The molecule has 0 bridgehead atoms. The Morgan fingerprint density at radius 3 is 2.36 bits per heavy atom. The van der Waals surface area contributed by atoms with Crippen molar-refractivity contribution >= 4 is 61.9 Å². The van der Waals surface area contributed by atoms with Gasteiger partial charge in [-0.05, 0) is 36.0 Å². The fourth-order valence-corrected chi connectivity index (χ4v) is 4.66. The maximum Gasteiger partial charge on any atom is 0.279 e. The third-order valence-corrected chi connectivity index (χ3v) is 6.39. The highest BCUT2D eigenvalue weighted by molar-refractivity contribution is 7.89. The van der Waals surface area contributed by atoms with E-state index >= 15 is 0 Å². The Morgan fingerprint density at radius 1 is 1.03 bits per heavy atom. The number of nitrogens with two attached hydrogens (primary N) is 2. The largest absolute Gasteiger partial charge is 0.374 e.